The summed E-state index contributed by atoms with van der Waals surface area (Å²) in [5.74, 6) is 1.59. The summed E-state index contributed by atoms with van der Waals surface area (Å²) in [4.78, 5) is 4.71. The minimum atomic E-state index is -0.169. The molecule has 24 heavy (non-hydrogen) atoms. The molecule has 0 amide bonds. The van der Waals surface area contributed by atoms with Crippen LogP contribution in [0.3, 0.4) is 0 Å². The van der Waals surface area contributed by atoms with Gasteiger partial charge >= 0.3 is 0 Å². The van der Waals surface area contributed by atoms with Crippen LogP contribution in [0.2, 0.25) is 0 Å². The Hall–Kier alpha value is -2.49. The summed E-state index contributed by atoms with van der Waals surface area (Å²) in [6.07, 6.45) is 0.830. The number of ether oxygens (including phenoxy) is 2. The summed E-state index contributed by atoms with van der Waals surface area (Å²) < 4.78 is 11.4. The third kappa shape index (κ3) is 3.70. The van der Waals surface area contributed by atoms with E-state index in [0.717, 1.165) is 35.5 Å². The van der Waals surface area contributed by atoms with E-state index in [1.807, 2.05) is 30.3 Å². The fraction of sp³-hybridized carbons (Fsp3) is 0.350. The quantitative estimate of drug-likeness (QED) is 0.876. The molecule has 0 fully saturated rings. The molecule has 0 atom stereocenters. The highest BCUT2D eigenvalue weighted by molar-refractivity contribution is 5.97. The zero-order valence-electron chi connectivity index (χ0n) is 14.5. The normalized spacial score (nSPS) is 15.5. The smallest absolute Gasteiger partial charge is 0.217 e. The van der Waals surface area contributed by atoms with Crippen LogP contribution >= 0.6 is 0 Å². The Balaban J connectivity index is 1.80. The van der Waals surface area contributed by atoms with Crippen molar-refractivity contribution in [2.45, 2.75) is 25.8 Å². The third-order valence-electron chi connectivity index (χ3n) is 4.03. The number of hydrogen-bond acceptors (Lipinski definition) is 4. The maximum atomic E-state index is 5.83. The lowest BCUT2D eigenvalue weighted by atomic mass is 10.0. The lowest BCUT2D eigenvalue weighted by Gasteiger charge is -2.14. The second-order valence-corrected chi connectivity index (χ2v) is 6.55. The number of nitrogens with zero attached hydrogens (tertiary/aromatic N) is 1. The number of para-hydroxylation sites is 1. The highest BCUT2D eigenvalue weighted by Gasteiger charge is 2.28. The van der Waals surface area contributed by atoms with E-state index in [0.29, 0.717) is 12.5 Å². The van der Waals surface area contributed by atoms with Crippen LogP contribution in [0.5, 0.6) is 5.75 Å². The molecular weight excluding hydrogens is 300 g/mol. The van der Waals surface area contributed by atoms with Crippen LogP contribution in [0, 0.1) is 0 Å². The minimum absolute atomic E-state index is 0.169. The van der Waals surface area contributed by atoms with Crippen LogP contribution in [-0.4, -0.2) is 31.7 Å². The predicted octanol–water partition coefficient (Wildman–Crippen LogP) is 3.91. The fourth-order valence-corrected chi connectivity index (χ4v) is 2.83. The van der Waals surface area contributed by atoms with Gasteiger partial charge in [0.15, 0.2) is 0 Å². The molecule has 1 aliphatic rings. The molecular formula is C20H24N2O2. The van der Waals surface area contributed by atoms with Crippen LogP contribution < -0.4 is 10.1 Å². The minimum Gasteiger partial charge on any atom is -0.496 e. The number of anilines is 1. The summed E-state index contributed by atoms with van der Waals surface area (Å²) in [5.41, 5.74) is 3.09. The molecule has 3 rings (SSSR count). The molecule has 0 radical (unpaired) electrons. The van der Waals surface area contributed by atoms with E-state index in [4.69, 9.17) is 14.5 Å². The summed E-state index contributed by atoms with van der Waals surface area (Å²) in [6.45, 7) is 5.59. The first-order valence-electron chi connectivity index (χ1n) is 8.27. The van der Waals surface area contributed by atoms with E-state index in [2.05, 4.69) is 37.4 Å². The van der Waals surface area contributed by atoms with Crippen LogP contribution in [-0.2, 0) is 11.2 Å². The SMILES string of the molecule is COc1cccc(C2=NC(C)(C)CO2)c1CCNc1ccccc1. The zero-order chi connectivity index (χ0) is 17.0. The van der Waals surface area contributed by atoms with Crippen molar-refractivity contribution in [3.05, 3.63) is 59.7 Å². The molecule has 0 saturated carbocycles. The van der Waals surface area contributed by atoms with Gasteiger partial charge in [-0.3, -0.25) is 0 Å². The van der Waals surface area contributed by atoms with Gasteiger partial charge in [-0.05, 0) is 44.5 Å². The molecule has 0 bridgehead atoms. The van der Waals surface area contributed by atoms with Crippen LogP contribution in [0.4, 0.5) is 5.69 Å². The standard InChI is InChI=1S/C20H24N2O2/c1-20(2)14-24-19(22-20)17-10-7-11-18(23-3)16(17)12-13-21-15-8-5-4-6-9-15/h4-11,21H,12-14H2,1-3H3. The molecule has 2 aromatic carbocycles. The first-order chi connectivity index (χ1) is 11.6. The Labute approximate surface area is 143 Å². The number of aliphatic imine (C=N–C) groups is 1. The fourth-order valence-electron chi connectivity index (χ4n) is 2.83. The molecule has 0 aromatic heterocycles. The van der Waals surface area contributed by atoms with Gasteiger partial charge in [0.25, 0.3) is 0 Å². The van der Waals surface area contributed by atoms with Crippen molar-refractivity contribution in [2.24, 2.45) is 4.99 Å². The van der Waals surface area contributed by atoms with Crippen molar-refractivity contribution < 1.29 is 9.47 Å². The Morgan fingerprint density at radius 1 is 1.12 bits per heavy atom. The van der Waals surface area contributed by atoms with Gasteiger partial charge in [0.2, 0.25) is 5.90 Å². The molecule has 0 spiro atoms. The number of methoxy groups -OCH3 is 1. The Morgan fingerprint density at radius 3 is 2.58 bits per heavy atom. The average Bonchev–Trinajstić information content (AvgIpc) is 2.95. The number of nitrogens with one attached hydrogen (secondary N) is 1. The molecule has 4 nitrogen and oxygen atoms in total. The lowest BCUT2D eigenvalue weighted by molar-refractivity contribution is 0.279. The van der Waals surface area contributed by atoms with Gasteiger partial charge < -0.3 is 14.8 Å². The van der Waals surface area contributed by atoms with E-state index in [-0.39, 0.29) is 5.54 Å². The largest absolute Gasteiger partial charge is 0.496 e. The third-order valence-corrected chi connectivity index (χ3v) is 4.03. The summed E-state index contributed by atoms with van der Waals surface area (Å²) >= 11 is 0. The van der Waals surface area contributed by atoms with Gasteiger partial charge in [0.1, 0.15) is 12.4 Å². The van der Waals surface area contributed by atoms with E-state index >= 15 is 0 Å². The monoisotopic (exact) mass is 324 g/mol. The van der Waals surface area contributed by atoms with Gasteiger partial charge in [-0.1, -0.05) is 24.3 Å². The highest BCUT2D eigenvalue weighted by Crippen LogP contribution is 2.28. The maximum Gasteiger partial charge on any atom is 0.217 e. The number of benzene rings is 2. The van der Waals surface area contributed by atoms with Gasteiger partial charge in [-0.2, -0.15) is 0 Å². The molecule has 0 aliphatic carbocycles. The van der Waals surface area contributed by atoms with Crippen molar-refractivity contribution in [3.63, 3.8) is 0 Å². The number of hydrogen-bond donors (Lipinski definition) is 1. The molecule has 0 saturated heterocycles. The van der Waals surface area contributed by atoms with Crippen molar-refractivity contribution in [1.29, 1.82) is 0 Å². The second kappa shape index (κ2) is 6.95. The Bertz CT molecular complexity index is 724. The zero-order valence-corrected chi connectivity index (χ0v) is 14.5. The first-order valence-corrected chi connectivity index (χ1v) is 8.27. The molecule has 1 heterocycles. The topological polar surface area (TPSA) is 42.9 Å². The van der Waals surface area contributed by atoms with Crippen LogP contribution in [0.25, 0.3) is 0 Å². The molecule has 4 heteroatoms. The van der Waals surface area contributed by atoms with Gasteiger partial charge in [-0.25, -0.2) is 4.99 Å². The van der Waals surface area contributed by atoms with E-state index < -0.39 is 0 Å². The lowest BCUT2D eigenvalue weighted by Crippen LogP contribution is -2.17. The van der Waals surface area contributed by atoms with Crippen LogP contribution in [0.1, 0.15) is 25.0 Å². The van der Waals surface area contributed by atoms with Crippen molar-refractivity contribution in [1.82, 2.24) is 0 Å². The molecule has 126 valence electrons. The van der Waals surface area contributed by atoms with E-state index in [9.17, 15) is 0 Å². The first kappa shape index (κ1) is 16.4. The number of rotatable bonds is 6. The Kier molecular flexibility index (Phi) is 4.74. The molecule has 0 unspecified atom stereocenters. The molecule has 1 N–H and O–H groups in total. The molecule has 2 aromatic rings. The van der Waals surface area contributed by atoms with E-state index in [1.54, 1.807) is 7.11 Å². The average molecular weight is 324 g/mol. The van der Waals surface area contributed by atoms with Crippen molar-refractivity contribution >= 4 is 11.6 Å². The van der Waals surface area contributed by atoms with Crippen molar-refractivity contribution in [2.75, 3.05) is 25.6 Å². The second-order valence-electron chi connectivity index (χ2n) is 6.55. The van der Waals surface area contributed by atoms with E-state index in [1.165, 1.54) is 0 Å². The summed E-state index contributed by atoms with van der Waals surface area (Å²) in [6, 6.07) is 16.2. The van der Waals surface area contributed by atoms with Gasteiger partial charge in [0, 0.05) is 23.4 Å². The van der Waals surface area contributed by atoms with Gasteiger partial charge in [-0.15, -0.1) is 0 Å². The van der Waals surface area contributed by atoms with Crippen molar-refractivity contribution in [3.8, 4) is 5.75 Å². The van der Waals surface area contributed by atoms with Gasteiger partial charge in [0.05, 0.1) is 12.6 Å². The predicted molar refractivity (Wildman–Crippen MR) is 98.2 cm³/mol. The Morgan fingerprint density at radius 2 is 1.92 bits per heavy atom. The van der Waals surface area contributed by atoms with Crippen LogP contribution in [0.15, 0.2) is 53.5 Å². The highest BCUT2D eigenvalue weighted by atomic mass is 16.5. The summed E-state index contributed by atoms with van der Waals surface area (Å²) in [7, 11) is 1.70. The maximum absolute atomic E-state index is 5.83. The molecule has 1 aliphatic heterocycles. The summed E-state index contributed by atoms with van der Waals surface area (Å²) in [5, 5.41) is 3.44.